The highest BCUT2D eigenvalue weighted by Gasteiger charge is 2.19. The Bertz CT molecular complexity index is 164. The van der Waals surface area contributed by atoms with Crippen molar-refractivity contribution >= 4 is 5.71 Å². The van der Waals surface area contributed by atoms with Gasteiger partial charge in [-0.15, -0.1) is 0 Å². The lowest BCUT2D eigenvalue weighted by Crippen LogP contribution is -2.24. The van der Waals surface area contributed by atoms with Gasteiger partial charge in [-0.2, -0.15) is 0 Å². The summed E-state index contributed by atoms with van der Waals surface area (Å²) >= 11 is 0. The zero-order chi connectivity index (χ0) is 9.99. The first-order valence-corrected chi connectivity index (χ1v) is 4.76. The second kappa shape index (κ2) is 3.59. The molecule has 0 aliphatic rings. The van der Waals surface area contributed by atoms with Crippen molar-refractivity contribution < 1.29 is 0 Å². The van der Waals surface area contributed by atoms with Crippen LogP contribution in [0.25, 0.3) is 0 Å². The molecular formula is C11H23N. The summed E-state index contributed by atoms with van der Waals surface area (Å²) in [5.41, 5.74) is 1.61. The van der Waals surface area contributed by atoms with Crippen LogP contribution >= 0.6 is 0 Å². The lowest BCUT2D eigenvalue weighted by molar-refractivity contribution is 0.532. The third-order valence-electron chi connectivity index (χ3n) is 1.67. The van der Waals surface area contributed by atoms with Crippen molar-refractivity contribution in [2.24, 2.45) is 10.4 Å². The predicted molar refractivity (Wildman–Crippen MR) is 56.9 cm³/mol. The van der Waals surface area contributed by atoms with Crippen molar-refractivity contribution in [2.45, 2.75) is 60.4 Å². The summed E-state index contributed by atoms with van der Waals surface area (Å²) in [6.45, 7) is 15.3. The molecule has 0 fully saturated rings. The molecule has 0 radical (unpaired) electrons. The first kappa shape index (κ1) is 11.7. The summed E-state index contributed by atoms with van der Waals surface area (Å²) in [5, 5.41) is 0. The number of hydrogen-bond acceptors (Lipinski definition) is 1. The number of rotatable bonds is 1. The summed E-state index contributed by atoms with van der Waals surface area (Å²) in [5.74, 6) is 0. The van der Waals surface area contributed by atoms with Crippen LogP contribution in [0.4, 0.5) is 0 Å². The number of aliphatic imine (C=N–C) groups is 1. The van der Waals surface area contributed by atoms with Crippen LogP contribution in [0, 0.1) is 5.41 Å². The lowest BCUT2D eigenvalue weighted by atomic mass is 9.87. The molecule has 0 bridgehead atoms. The zero-order valence-electron chi connectivity index (χ0n) is 9.65. The van der Waals surface area contributed by atoms with Crippen LogP contribution in [0.5, 0.6) is 0 Å². The van der Waals surface area contributed by atoms with E-state index in [1.807, 2.05) is 0 Å². The van der Waals surface area contributed by atoms with Gasteiger partial charge < -0.3 is 0 Å². The van der Waals surface area contributed by atoms with Gasteiger partial charge in [0.15, 0.2) is 0 Å². The fourth-order valence-electron chi connectivity index (χ4n) is 1.18. The minimum absolute atomic E-state index is 0.0681. The van der Waals surface area contributed by atoms with E-state index in [9.17, 15) is 0 Å². The Labute approximate surface area is 77.3 Å². The van der Waals surface area contributed by atoms with E-state index in [4.69, 9.17) is 4.99 Å². The fourth-order valence-corrected chi connectivity index (χ4v) is 1.18. The van der Waals surface area contributed by atoms with Crippen LogP contribution in [0.15, 0.2) is 4.99 Å². The molecule has 0 unspecified atom stereocenters. The minimum atomic E-state index is 0.0681. The van der Waals surface area contributed by atoms with Crippen LogP contribution in [0.2, 0.25) is 0 Å². The summed E-state index contributed by atoms with van der Waals surface area (Å²) in [4.78, 5) is 4.72. The molecule has 1 heteroatoms. The van der Waals surface area contributed by atoms with Gasteiger partial charge in [-0.25, -0.2) is 0 Å². The second-order valence-corrected chi connectivity index (χ2v) is 5.33. The highest BCUT2D eigenvalue weighted by atomic mass is 14.8. The van der Waals surface area contributed by atoms with Crippen molar-refractivity contribution in [1.29, 1.82) is 0 Å². The maximum absolute atomic E-state index is 4.72. The van der Waals surface area contributed by atoms with Crippen molar-refractivity contribution in [3.05, 3.63) is 0 Å². The first-order valence-electron chi connectivity index (χ1n) is 4.76. The molecule has 0 saturated heterocycles. The van der Waals surface area contributed by atoms with Gasteiger partial charge >= 0.3 is 0 Å². The van der Waals surface area contributed by atoms with Crippen molar-refractivity contribution in [3.8, 4) is 0 Å². The van der Waals surface area contributed by atoms with Crippen molar-refractivity contribution in [3.63, 3.8) is 0 Å². The molecule has 12 heavy (non-hydrogen) atoms. The maximum Gasteiger partial charge on any atom is 0.0523 e. The van der Waals surface area contributed by atoms with Crippen LogP contribution in [0.1, 0.15) is 54.9 Å². The molecule has 0 atom stereocenters. The van der Waals surface area contributed by atoms with E-state index in [0.717, 1.165) is 6.42 Å². The molecule has 0 amide bonds. The van der Waals surface area contributed by atoms with Gasteiger partial charge in [-0.3, -0.25) is 4.99 Å². The molecule has 72 valence electrons. The van der Waals surface area contributed by atoms with E-state index in [1.165, 1.54) is 5.71 Å². The Kier molecular flexibility index (Phi) is 3.49. The molecule has 0 aliphatic heterocycles. The lowest BCUT2D eigenvalue weighted by Gasteiger charge is -2.25. The fraction of sp³-hybridized carbons (Fsp3) is 0.909. The highest BCUT2D eigenvalue weighted by molar-refractivity contribution is 5.89. The molecule has 0 spiro atoms. The Balaban J connectivity index is 4.68. The topological polar surface area (TPSA) is 12.4 Å². The third kappa shape index (κ3) is 4.53. The molecule has 0 heterocycles. The molecule has 0 aromatic heterocycles. The van der Waals surface area contributed by atoms with E-state index in [1.54, 1.807) is 0 Å². The van der Waals surface area contributed by atoms with E-state index < -0.39 is 0 Å². The Morgan fingerprint density at radius 1 is 1.00 bits per heavy atom. The molecule has 0 rings (SSSR count). The Morgan fingerprint density at radius 2 is 1.42 bits per heavy atom. The molecule has 0 saturated carbocycles. The molecule has 0 N–H and O–H groups in total. The normalized spacial score (nSPS) is 15.1. The predicted octanol–water partition coefficient (Wildman–Crippen LogP) is 3.68. The smallest absolute Gasteiger partial charge is 0.0523 e. The summed E-state index contributed by atoms with van der Waals surface area (Å²) in [6, 6.07) is 0. The van der Waals surface area contributed by atoms with Crippen molar-refractivity contribution in [2.75, 3.05) is 0 Å². The summed E-state index contributed by atoms with van der Waals surface area (Å²) in [7, 11) is 0. The monoisotopic (exact) mass is 169 g/mol. The van der Waals surface area contributed by atoms with E-state index in [-0.39, 0.29) is 11.0 Å². The third-order valence-corrected chi connectivity index (χ3v) is 1.67. The van der Waals surface area contributed by atoms with E-state index in [0.29, 0.717) is 0 Å². The van der Waals surface area contributed by atoms with Gasteiger partial charge in [0.1, 0.15) is 0 Å². The van der Waals surface area contributed by atoms with Crippen LogP contribution < -0.4 is 0 Å². The van der Waals surface area contributed by atoms with Gasteiger partial charge in [0.05, 0.1) is 5.54 Å². The average Bonchev–Trinajstić information content (AvgIpc) is 1.78. The SMILES string of the molecule is CCC(=NC(C)(C)C)C(C)(C)C. The van der Waals surface area contributed by atoms with E-state index in [2.05, 4.69) is 48.5 Å². The van der Waals surface area contributed by atoms with Gasteiger partial charge in [0.25, 0.3) is 0 Å². The molecule has 0 aromatic rings. The molecular weight excluding hydrogens is 146 g/mol. The number of nitrogens with zero attached hydrogens (tertiary/aromatic N) is 1. The minimum Gasteiger partial charge on any atom is -0.288 e. The van der Waals surface area contributed by atoms with Crippen LogP contribution in [0.3, 0.4) is 0 Å². The maximum atomic E-state index is 4.72. The second-order valence-electron chi connectivity index (χ2n) is 5.33. The largest absolute Gasteiger partial charge is 0.288 e. The van der Waals surface area contributed by atoms with Crippen LogP contribution in [-0.4, -0.2) is 11.3 Å². The van der Waals surface area contributed by atoms with Gasteiger partial charge in [-0.05, 0) is 32.6 Å². The first-order chi connectivity index (χ1) is 5.17. The molecule has 0 aliphatic carbocycles. The zero-order valence-corrected chi connectivity index (χ0v) is 9.65. The van der Waals surface area contributed by atoms with Gasteiger partial charge in [0.2, 0.25) is 0 Å². The van der Waals surface area contributed by atoms with Gasteiger partial charge in [-0.1, -0.05) is 27.7 Å². The highest BCUT2D eigenvalue weighted by Crippen LogP contribution is 2.21. The summed E-state index contributed by atoms with van der Waals surface area (Å²) in [6.07, 6.45) is 1.06. The standard InChI is InChI=1S/C11H23N/c1-8-9(10(2,3)4)12-11(5,6)7/h8H2,1-7H3. The molecule has 0 aromatic carbocycles. The quantitative estimate of drug-likeness (QED) is 0.531. The van der Waals surface area contributed by atoms with Crippen molar-refractivity contribution in [1.82, 2.24) is 0 Å². The number of hydrogen-bond donors (Lipinski definition) is 0. The molecule has 1 nitrogen and oxygen atoms in total. The summed E-state index contributed by atoms with van der Waals surface area (Å²) < 4.78 is 0. The van der Waals surface area contributed by atoms with E-state index >= 15 is 0 Å². The Morgan fingerprint density at radius 3 is 1.50 bits per heavy atom. The van der Waals surface area contributed by atoms with Gasteiger partial charge in [0, 0.05) is 5.71 Å². The van der Waals surface area contributed by atoms with Crippen LogP contribution in [-0.2, 0) is 0 Å². The average molecular weight is 169 g/mol. The Hall–Kier alpha value is -0.330.